The maximum absolute atomic E-state index is 9.24. The number of rotatable bonds is 3. The van der Waals surface area contributed by atoms with Gasteiger partial charge in [-0.3, -0.25) is 0 Å². The van der Waals surface area contributed by atoms with E-state index in [-0.39, 0.29) is 0 Å². The molecular formula is C17H18N6OS. The van der Waals surface area contributed by atoms with Crippen LogP contribution in [0.5, 0.6) is 0 Å². The molecule has 0 bridgehead atoms. The molecule has 25 heavy (non-hydrogen) atoms. The highest BCUT2D eigenvalue weighted by molar-refractivity contribution is 7.18. The monoisotopic (exact) mass is 354 g/mol. The van der Waals surface area contributed by atoms with Gasteiger partial charge in [0.05, 0.1) is 5.36 Å². The Labute approximate surface area is 149 Å². The number of benzene rings is 1. The van der Waals surface area contributed by atoms with Crippen LogP contribution in [0.2, 0.25) is 0 Å². The van der Waals surface area contributed by atoms with Crippen LogP contribution < -0.4 is 15.2 Å². The summed E-state index contributed by atoms with van der Waals surface area (Å²) in [7, 11) is 0. The average Bonchev–Trinajstić information content (AvgIpc) is 3.13. The van der Waals surface area contributed by atoms with Crippen LogP contribution in [-0.4, -0.2) is 46.3 Å². The van der Waals surface area contributed by atoms with E-state index in [0.717, 1.165) is 41.4 Å². The minimum absolute atomic E-state index is 0.621. The number of para-hydroxylation sites is 1. The molecule has 0 radical (unpaired) electrons. The third kappa shape index (κ3) is 3.63. The van der Waals surface area contributed by atoms with E-state index in [2.05, 4.69) is 49.3 Å². The molecule has 1 fully saturated rings. The summed E-state index contributed by atoms with van der Waals surface area (Å²) >= 11 is 1.48. The highest BCUT2D eigenvalue weighted by Crippen LogP contribution is 2.27. The van der Waals surface area contributed by atoms with Crippen molar-refractivity contribution in [1.82, 2.24) is 14.9 Å². The molecule has 4 rings (SSSR count). The van der Waals surface area contributed by atoms with Crippen molar-refractivity contribution < 1.29 is 5.21 Å². The Kier molecular flexibility index (Phi) is 4.34. The molecule has 1 aliphatic rings. The lowest BCUT2D eigenvalue weighted by Crippen LogP contribution is -2.46. The fraction of sp³-hybridized carbons (Fsp3) is 0.235. The largest absolute Gasteiger partial charge is 0.429 e. The van der Waals surface area contributed by atoms with Crippen LogP contribution >= 0.6 is 11.3 Å². The number of hydrogen-bond acceptors (Lipinski definition) is 7. The van der Waals surface area contributed by atoms with Crippen molar-refractivity contribution in [2.24, 2.45) is 4.99 Å². The van der Waals surface area contributed by atoms with E-state index in [1.807, 2.05) is 6.07 Å². The number of anilines is 2. The van der Waals surface area contributed by atoms with Crippen molar-refractivity contribution in [2.45, 2.75) is 0 Å². The van der Waals surface area contributed by atoms with Gasteiger partial charge in [0.15, 0.2) is 0 Å². The standard InChI is InChI=1S/C17H18N6OS/c24-23-8-6-14(7-9-23)18-16-19-20-17(25-16)22-12-10-21(11-13-22)15-4-2-1-3-5-15/h1-9,24H,10-13H2. The molecule has 128 valence electrons. The Morgan fingerprint density at radius 3 is 2.28 bits per heavy atom. The molecule has 0 atom stereocenters. The van der Waals surface area contributed by atoms with Crippen molar-refractivity contribution in [3.8, 4) is 0 Å². The first-order valence-electron chi connectivity index (χ1n) is 8.09. The summed E-state index contributed by atoms with van der Waals surface area (Å²) in [6.45, 7) is 3.76. The molecule has 7 nitrogen and oxygen atoms in total. The predicted octanol–water partition coefficient (Wildman–Crippen LogP) is 2.14. The first-order valence-corrected chi connectivity index (χ1v) is 8.90. The van der Waals surface area contributed by atoms with Gasteiger partial charge in [0.1, 0.15) is 0 Å². The Bertz CT molecular complexity index is 878. The summed E-state index contributed by atoms with van der Waals surface area (Å²) in [5.41, 5.74) is 1.26. The summed E-state index contributed by atoms with van der Waals surface area (Å²) in [6.07, 6.45) is 3.06. The van der Waals surface area contributed by atoms with Crippen LogP contribution in [0.25, 0.3) is 0 Å². The van der Waals surface area contributed by atoms with Gasteiger partial charge >= 0.3 is 0 Å². The molecular weight excluding hydrogens is 336 g/mol. The molecule has 1 aliphatic heterocycles. The maximum Gasteiger partial charge on any atom is 0.233 e. The van der Waals surface area contributed by atoms with Gasteiger partial charge in [-0.1, -0.05) is 29.5 Å². The van der Waals surface area contributed by atoms with Crippen molar-refractivity contribution >= 4 is 27.3 Å². The zero-order chi connectivity index (χ0) is 17.1. The zero-order valence-electron chi connectivity index (χ0n) is 13.6. The van der Waals surface area contributed by atoms with Crippen LogP contribution in [0.1, 0.15) is 0 Å². The van der Waals surface area contributed by atoms with Crippen LogP contribution in [0.4, 0.5) is 16.0 Å². The quantitative estimate of drug-likeness (QED) is 0.730. The van der Waals surface area contributed by atoms with E-state index in [4.69, 9.17) is 0 Å². The molecule has 0 unspecified atom stereocenters. The van der Waals surface area contributed by atoms with Gasteiger partial charge in [0.25, 0.3) is 0 Å². The van der Waals surface area contributed by atoms with E-state index in [0.29, 0.717) is 5.13 Å². The number of aromatic nitrogens is 3. The molecule has 1 saturated heterocycles. The SMILES string of the molecule is On1ccc(=Nc2nnc(N3CCN(c4ccccc4)CC3)s2)cc1. The summed E-state index contributed by atoms with van der Waals surface area (Å²) in [4.78, 5) is 9.08. The fourth-order valence-electron chi connectivity index (χ4n) is 2.77. The first-order chi connectivity index (χ1) is 12.3. The lowest BCUT2D eigenvalue weighted by atomic mass is 10.2. The third-order valence-electron chi connectivity index (χ3n) is 4.10. The van der Waals surface area contributed by atoms with Gasteiger partial charge in [-0.15, -0.1) is 10.2 Å². The van der Waals surface area contributed by atoms with Crippen LogP contribution in [0.15, 0.2) is 59.9 Å². The summed E-state index contributed by atoms with van der Waals surface area (Å²) in [5.74, 6) is 0. The van der Waals surface area contributed by atoms with Gasteiger partial charge in [-0.25, -0.2) is 9.72 Å². The van der Waals surface area contributed by atoms with Crippen molar-refractivity contribution in [3.63, 3.8) is 0 Å². The summed E-state index contributed by atoms with van der Waals surface area (Å²) in [6, 6.07) is 13.9. The highest BCUT2D eigenvalue weighted by Gasteiger charge is 2.20. The van der Waals surface area contributed by atoms with Crippen molar-refractivity contribution in [1.29, 1.82) is 0 Å². The second-order valence-corrected chi connectivity index (χ2v) is 6.66. The predicted molar refractivity (Wildman–Crippen MR) is 97.6 cm³/mol. The van der Waals surface area contributed by atoms with Gasteiger partial charge in [-0.05, 0) is 24.3 Å². The van der Waals surface area contributed by atoms with E-state index >= 15 is 0 Å². The lowest BCUT2D eigenvalue weighted by molar-refractivity contribution is 0.184. The summed E-state index contributed by atoms with van der Waals surface area (Å²) < 4.78 is 0.983. The number of hydrogen-bond donors (Lipinski definition) is 1. The van der Waals surface area contributed by atoms with Gasteiger partial charge in [0.2, 0.25) is 10.3 Å². The molecule has 3 aromatic rings. The molecule has 0 aliphatic carbocycles. The van der Waals surface area contributed by atoms with Crippen LogP contribution in [0.3, 0.4) is 0 Å². The topological polar surface area (TPSA) is 69.8 Å². The molecule has 0 amide bonds. The van der Waals surface area contributed by atoms with E-state index < -0.39 is 0 Å². The van der Waals surface area contributed by atoms with E-state index in [1.165, 1.54) is 29.4 Å². The number of pyridine rings is 1. The van der Waals surface area contributed by atoms with Crippen molar-refractivity contribution in [3.05, 3.63) is 60.2 Å². The molecule has 2 aromatic heterocycles. The van der Waals surface area contributed by atoms with Gasteiger partial charge < -0.3 is 15.0 Å². The molecule has 0 saturated carbocycles. The smallest absolute Gasteiger partial charge is 0.233 e. The zero-order valence-corrected chi connectivity index (χ0v) is 14.4. The third-order valence-corrected chi connectivity index (χ3v) is 4.97. The lowest BCUT2D eigenvalue weighted by Gasteiger charge is -2.35. The fourth-order valence-corrected chi connectivity index (χ4v) is 3.56. The minimum atomic E-state index is 0.621. The maximum atomic E-state index is 9.24. The summed E-state index contributed by atoms with van der Waals surface area (Å²) in [5, 5.41) is 19.9. The minimum Gasteiger partial charge on any atom is -0.429 e. The number of nitrogens with zero attached hydrogens (tertiary/aromatic N) is 6. The van der Waals surface area contributed by atoms with E-state index in [9.17, 15) is 5.21 Å². The highest BCUT2D eigenvalue weighted by atomic mass is 32.1. The van der Waals surface area contributed by atoms with Crippen LogP contribution in [-0.2, 0) is 0 Å². The normalized spacial score (nSPS) is 14.6. The second kappa shape index (κ2) is 6.94. The molecule has 8 heteroatoms. The Hall–Kier alpha value is -2.87. The van der Waals surface area contributed by atoms with E-state index in [1.54, 1.807) is 12.1 Å². The molecule has 3 heterocycles. The molecule has 0 spiro atoms. The molecule has 1 aromatic carbocycles. The Morgan fingerprint density at radius 1 is 0.880 bits per heavy atom. The first kappa shape index (κ1) is 15.6. The Balaban J connectivity index is 1.43. The van der Waals surface area contributed by atoms with Gasteiger partial charge in [-0.2, -0.15) is 0 Å². The Morgan fingerprint density at radius 2 is 1.56 bits per heavy atom. The second-order valence-electron chi connectivity index (χ2n) is 5.73. The average molecular weight is 354 g/mol. The van der Waals surface area contributed by atoms with Crippen molar-refractivity contribution in [2.75, 3.05) is 36.0 Å². The van der Waals surface area contributed by atoms with Gasteiger partial charge in [0, 0.05) is 44.3 Å². The number of piperazine rings is 1. The van der Waals surface area contributed by atoms with Crippen LogP contribution in [0, 0.1) is 0 Å². The molecule has 1 N–H and O–H groups in total.